The maximum absolute atomic E-state index is 8.78. The normalized spacial score (nSPS) is 13.2. The molecular formula is C9H20O4. The van der Waals surface area contributed by atoms with Crippen molar-refractivity contribution in [2.24, 2.45) is 0 Å². The van der Waals surface area contributed by atoms with Gasteiger partial charge in [0.25, 0.3) is 0 Å². The molecule has 0 spiro atoms. The maximum Gasteiger partial charge on any atom is 0.0804 e. The third-order valence-corrected chi connectivity index (χ3v) is 1.67. The zero-order chi connectivity index (χ0) is 9.94. The number of aliphatic hydroxyl groups excluding tert-OH is 1. The molecule has 4 heteroatoms. The van der Waals surface area contributed by atoms with E-state index in [1.807, 2.05) is 6.92 Å². The van der Waals surface area contributed by atoms with Crippen molar-refractivity contribution in [1.29, 1.82) is 0 Å². The average Bonchev–Trinajstić information content (AvgIpc) is 2.17. The topological polar surface area (TPSA) is 47.9 Å². The smallest absolute Gasteiger partial charge is 0.0804 e. The highest BCUT2D eigenvalue weighted by molar-refractivity contribution is 4.50. The first kappa shape index (κ1) is 12.8. The van der Waals surface area contributed by atoms with Crippen molar-refractivity contribution in [2.45, 2.75) is 19.4 Å². The van der Waals surface area contributed by atoms with Gasteiger partial charge < -0.3 is 19.3 Å². The van der Waals surface area contributed by atoms with Gasteiger partial charge in [-0.25, -0.2) is 0 Å². The zero-order valence-electron chi connectivity index (χ0n) is 8.49. The second kappa shape index (κ2) is 9.92. The van der Waals surface area contributed by atoms with Gasteiger partial charge in [0.15, 0.2) is 0 Å². The Hall–Kier alpha value is -0.160. The Labute approximate surface area is 79.8 Å². The summed E-state index contributed by atoms with van der Waals surface area (Å²) in [5.41, 5.74) is 0. The summed E-state index contributed by atoms with van der Waals surface area (Å²) < 4.78 is 15.3. The van der Waals surface area contributed by atoms with Gasteiger partial charge in [0.1, 0.15) is 0 Å². The van der Waals surface area contributed by atoms with Gasteiger partial charge in [0.2, 0.25) is 0 Å². The number of aliphatic hydroxyl groups is 1. The number of rotatable bonds is 9. The van der Waals surface area contributed by atoms with Gasteiger partial charge in [-0.05, 0) is 6.42 Å². The molecule has 0 aromatic rings. The van der Waals surface area contributed by atoms with Gasteiger partial charge in [-0.1, -0.05) is 6.92 Å². The molecule has 1 atom stereocenters. The second-order valence-electron chi connectivity index (χ2n) is 2.69. The molecule has 0 aromatic carbocycles. The largest absolute Gasteiger partial charge is 0.394 e. The summed E-state index contributed by atoms with van der Waals surface area (Å²) in [6.07, 6.45) is 0.778. The van der Waals surface area contributed by atoms with Crippen LogP contribution >= 0.6 is 0 Å². The summed E-state index contributed by atoms with van der Waals surface area (Å²) in [6, 6.07) is 0. The minimum Gasteiger partial charge on any atom is -0.394 e. The fourth-order valence-electron chi connectivity index (χ4n) is 0.818. The Kier molecular flexibility index (Phi) is 9.80. The molecule has 80 valence electrons. The molecule has 0 rings (SSSR count). The van der Waals surface area contributed by atoms with Crippen LogP contribution in [-0.4, -0.2) is 51.4 Å². The molecular weight excluding hydrogens is 172 g/mol. The van der Waals surface area contributed by atoms with E-state index in [-0.39, 0.29) is 12.7 Å². The van der Waals surface area contributed by atoms with Crippen LogP contribution in [0.3, 0.4) is 0 Å². The van der Waals surface area contributed by atoms with Gasteiger partial charge in [-0.15, -0.1) is 0 Å². The van der Waals surface area contributed by atoms with Crippen LogP contribution < -0.4 is 0 Å². The summed E-state index contributed by atoms with van der Waals surface area (Å²) in [5, 5.41) is 8.78. The van der Waals surface area contributed by atoms with Crippen molar-refractivity contribution < 1.29 is 19.3 Å². The monoisotopic (exact) mass is 192 g/mol. The van der Waals surface area contributed by atoms with Crippen molar-refractivity contribution >= 4 is 0 Å². The first-order valence-corrected chi connectivity index (χ1v) is 4.64. The molecule has 0 aliphatic heterocycles. The first-order valence-electron chi connectivity index (χ1n) is 4.64. The molecule has 0 radical (unpaired) electrons. The number of hydrogen-bond donors (Lipinski definition) is 1. The molecule has 1 unspecified atom stereocenters. The van der Waals surface area contributed by atoms with E-state index in [1.165, 1.54) is 0 Å². The molecule has 4 nitrogen and oxygen atoms in total. The fourth-order valence-corrected chi connectivity index (χ4v) is 0.818. The SMILES string of the molecule is CCC(CO)OCCOCCOC. The quantitative estimate of drug-likeness (QED) is 0.538. The highest BCUT2D eigenvalue weighted by Gasteiger charge is 2.02. The van der Waals surface area contributed by atoms with Gasteiger partial charge in [-0.2, -0.15) is 0 Å². The van der Waals surface area contributed by atoms with Crippen molar-refractivity contribution in [3.8, 4) is 0 Å². The minimum atomic E-state index is -0.0500. The van der Waals surface area contributed by atoms with Crippen molar-refractivity contribution in [2.75, 3.05) is 40.1 Å². The summed E-state index contributed by atoms with van der Waals surface area (Å²) in [7, 11) is 1.64. The van der Waals surface area contributed by atoms with Gasteiger partial charge >= 0.3 is 0 Å². The predicted octanol–water partition coefficient (Wildman–Crippen LogP) is 0.437. The van der Waals surface area contributed by atoms with Crippen molar-refractivity contribution in [3.05, 3.63) is 0 Å². The van der Waals surface area contributed by atoms with E-state index >= 15 is 0 Å². The van der Waals surface area contributed by atoms with E-state index in [1.54, 1.807) is 7.11 Å². The van der Waals surface area contributed by atoms with Crippen molar-refractivity contribution in [1.82, 2.24) is 0 Å². The number of methoxy groups -OCH3 is 1. The lowest BCUT2D eigenvalue weighted by molar-refractivity contribution is -0.0267. The lowest BCUT2D eigenvalue weighted by Gasteiger charge is -2.12. The van der Waals surface area contributed by atoms with Crippen LogP contribution in [0.1, 0.15) is 13.3 Å². The lowest BCUT2D eigenvalue weighted by Crippen LogP contribution is -2.19. The molecule has 0 amide bonds. The summed E-state index contributed by atoms with van der Waals surface area (Å²) >= 11 is 0. The zero-order valence-corrected chi connectivity index (χ0v) is 8.49. The molecule has 0 fully saturated rings. The Morgan fingerprint density at radius 2 is 1.85 bits per heavy atom. The van der Waals surface area contributed by atoms with Crippen LogP contribution in [0.5, 0.6) is 0 Å². The Morgan fingerprint density at radius 1 is 1.15 bits per heavy atom. The van der Waals surface area contributed by atoms with Crippen molar-refractivity contribution in [3.63, 3.8) is 0 Å². The maximum atomic E-state index is 8.78. The summed E-state index contributed by atoms with van der Waals surface area (Å²) in [6.45, 7) is 4.34. The standard InChI is InChI=1S/C9H20O4/c1-3-9(8-10)13-7-6-12-5-4-11-2/h9-10H,3-8H2,1-2H3. The highest BCUT2D eigenvalue weighted by atomic mass is 16.5. The van der Waals surface area contributed by atoms with Gasteiger partial charge in [0, 0.05) is 7.11 Å². The first-order chi connectivity index (χ1) is 6.35. The predicted molar refractivity (Wildman–Crippen MR) is 49.8 cm³/mol. The second-order valence-corrected chi connectivity index (χ2v) is 2.69. The highest BCUT2D eigenvalue weighted by Crippen LogP contribution is 1.95. The number of ether oxygens (including phenoxy) is 3. The van der Waals surface area contributed by atoms with Crippen LogP contribution in [0, 0.1) is 0 Å². The molecule has 0 aliphatic rings. The van der Waals surface area contributed by atoms with Gasteiger partial charge in [-0.3, -0.25) is 0 Å². The summed E-state index contributed by atoms with van der Waals surface area (Å²) in [4.78, 5) is 0. The molecule has 0 saturated heterocycles. The fraction of sp³-hybridized carbons (Fsp3) is 1.00. The lowest BCUT2D eigenvalue weighted by atomic mass is 10.3. The Bertz CT molecular complexity index is 93.6. The van der Waals surface area contributed by atoms with Crippen LogP contribution in [0.25, 0.3) is 0 Å². The third-order valence-electron chi connectivity index (χ3n) is 1.67. The Morgan fingerprint density at radius 3 is 2.38 bits per heavy atom. The van der Waals surface area contributed by atoms with Crippen LogP contribution in [0.2, 0.25) is 0 Å². The van der Waals surface area contributed by atoms with Crippen LogP contribution in [0.4, 0.5) is 0 Å². The molecule has 0 aliphatic carbocycles. The summed E-state index contributed by atoms with van der Waals surface area (Å²) in [5.74, 6) is 0. The van der Waals surface area contributed by atoms with E-state index in [4.69, 9.17) is 19.3 Å². The van der Waals surface area contributed by atoms with E-state index in [9.17, 15) is 0 Å². The van der Waals surface area contributed by atoms with Gasteiger partial charge in [0.05, 0.1) is 39.1 Å². The van der Waals surface area contributed by atoms with Crippen LogP contribution in [-0.2, 0) is 14.2 Å². The molecule has 0 bridgehead atoms. The van der Waals surface area contributed by atoms with E-state index in [2.05, 4.69) is 0 Å². The van der Waals surface area contributed by atoms with E-state index in [0.29, 0.717) is 26.4 Å². The molecule has 0 heterocycles. The molecule has 0 aromatic heterocycles. The van der Waals surface area contributed by atoms with Crippen LogP contribution in [0.15, 0.2) is 0 Å². The minimum absolute atomic E-state index is 0.0500. The molecule has 13 heavy (non-hydrogen) atoms. The number of hydrogen-bond acceptors (Lipinski definition) is 4. The van der Waals surface area contributed by atoms with E-state index in [0.717, 1.165) is 6.42 Å². The molecule has 1 N–H and O–H groups in total. The van der Waals surface area contributed by atoms with E-state index < -0.39 is 0 Å². The Balaban J connectivity index is 3.05. The third kappa shape index (κ3) is 8.18. The molecule has 0 saturated carbocycles. The average molecular weight is 192 g/mol.